The van der Waals surface area contributed by atoms with Crippen LogP contribution in [0.1, 0.15) is 0 Å². The molecule has 19 heavy (non-hydrogen) atoms. The normalized spacial score (nSPS) is 39.3. The summed E-state index contributed by atoms with van der Waals surface area (Å²) in [6, 6.07) is -1.44. The van der Waals surface area contributed by atoms with E-state index in [1.807, 2.05) is 0 Å². The maximum atomic E-state index is 5.97. The van der Waals surface area contributed by atoms with Crippen LogP contribution in [0.15, 0.2) is 0 Å². The summed E-state index contributed by atoms with van der Waals surface area (Å²) in [6.07, 6.45) is 0. The van der Waals surface area contributed by atoms with Gasteiger partial charge in [0.15, 0.2) is 5.66 Å². The van der Waals surface area contributed by atoms with E-state index < -0.39 is 34.4 Å². The van der Waals surface area contributed by atoms with Crippen molar-refractivity contribution in [2.45, 2.75) is 34.4 Å². The predicted octanol–water partition coefficient (Wildman–Crippen LogP) is -8.51. The number of rotatable bonds is 1. The minimum Gasteiger partial charge on any atom is -0.322 e. The Morgan fingerprint density at radius 2 is 1.00 bits per heavy atom. The lowest BCUT2D eigenvalue weighted by Crippen LogP contribution is -3.11. The van der Waals surface area contributed by atoms with Gasteiger partial charge in [-0.15, -0.1) is 0 Å². The molecule has 2 atom stereocenters. The van der Waals surface area contributed by atoms with Crippen LogP contribution >= 0.6 is 0 Å². The molecule has 1 fully saturated rings. The van der Waals surface area contributed by atoms with Gasteiger partial charge in [-0.25, -0.2) is 0 Å². The Morgan fingerprint density at radius 1 is 0.632 bits per heavy atom. The Hall–Kier alpha value is -0.520. The first-order valence-electron chi connectivity index (χ1n) is 5.25. The fraction of sp³-hybridized carbons (Fsp3) is 1.00. The smallest absolute Gasteiger partial charge is 0.150 e. The number of hydrazine groups is 2. The van der Waals surface area contributed by atoms with Crippen molar-refractivity contribution in [2.75, 3.05) is 0 Å². The topological polar surface area (TPSA) is 315 Å². The van der Waals surface area contributed by atoms with E-state index in [-0.39, 0.29) is 0 Å². The van der Waals surface area contributed by atoms with Gasteiger partial charge < -0.3 is 57.3 Å². The number of hydrogen-bond donors (Lipinski definition) is 12. The third-order valence-electron chi connectivity index (χ3n) is 4.16. The number of nitrogens with two attached hydrogens (primary N) is 12. The van der Waals surface area contributed by atoms with Crippen LogP contribution in [0.2, 0.25) is 0 Å². The van der Waals surface area contributed by atoms with E-state index in [2.05, 4.69) is 0 Å². The Bertz CT molecular complexity index is 371. The molecule has 0 amide bonds. The van der Waals surface area contributed by atoms with E-state index in [4.69, 9.17) is 69.0 Å². The van der Waals surface area contributed by atoms with Gasteiger partial charge in [-0.2, -0.15) is 5.12 Å². The van der Waals surface area contributed by atoms with Gasteiger partial charge in [-0.05, 0) is 0 Å². The summed E-state index contributed by atoms with van der Waals surface area (Å²) >= 11 is 0. The Morgan fingerprint density at radius 3 is 1.32 bits per heavy atom. The Labute approximate surface area is 109 Å². The third-order valence-corrected chi connectivity index (χ3v) is 4.16. The van der Waals surface area contributed by atoms with Crippen LogP contribution in [0.4, 0.5) is 0 Å². The first-order valence-corrected chi connectivity index (χ1v) is 5.25. The van der Waals surface area contributed by atoms with E-state index in [0.29, 0.717) is 5.12 Å². The molecule has 0 aromatic heterocycles. The van der Waals surface area contributed by atoms with Gasteiger partial charge in [0.1, 0.15) is 22.7 Å². The van der Waals surface area contributed by atoms with Crippen molar-refractivity contribution in [3.63, 3.8) is 0 Å². The van der Waals surface area contributed by atoms with E-state index in [9.17, 15) is 0 Å². The summed E-state index contributed by atoms with van der Waals surface area (Å²) in [4.78, 5) is 0. The summed E-state index contributed by atoms with van der Waals surface area (Å²) in [5.41, 5.74) is 47.7. The van der Waals surface area contributed by atoms with Gasteiger partial charge in [0.05, 0.1) is 6.04 Å². The van der Waals surface area contributed by atoms with Crippen molar-refractivity contribution in [1.29, 1.82) is 0 Å². The first kappa shape index (κ1) is 16.5. The van der Waals surface area contributed by atoms with Crippen molar-refractivity contribution in [2.24, 2.45) is 69.0 Å². The van der Waals surface area contributed by atoms with Crippen LogP contribution in [0.5, 0.6) is 0 Å². The molecule has 0 aromatic rings. The largest absolute Gasteiger partial charge is 0.322 e. The molecule has 1 aliphatic rings. The zero-order chi connectivity index (χ0) is 15.7. The summed E-state index contributed by atoms with van der Waals surface area (Å²) in [5, 5.41) is 0.440. The molecule has 1 saturated carbocycles. The van der Waals surface area contributed by atoms with Gasteiger partial charge in [-0.3, -0.25) is 11.7 Å². The molecule has 24 N–H and O–H groups in total. The van der Waals surface area contributed by atoms with E-state index in [1.165, 1.54) is 0 Å². The minimum absolute atomic E-state index is 0.440. The molecule has 0 aliphatic heterocycles. The van der Waals surface area contributed by atoms with E-state index in [0.717, 1.165) is 0 Å². The van der Waals surface area contributed by atoms with Crippen LogP contribution in [-0.4, -0.2) is 39.5 Å². The van der Waals surface area contributed by atoms with Crippen molar-refractivity contribution in [1.82, 2.24) is 5.12 Å². The molecule has 0 aromatic carbocycles. The van der Waals surface area contributed by atoms with Crippen LogP contribution in [-0.2, 0) is 0 Å². The average Bonchev–Trinajstić information content (AvgIpc) is 2.24. The third kappa shape index (κ3) is 1.46. The van der Waals surface area contributed by atoms with Gasteiger partial charge >= 0.3 is 0 Å². The zero-order valence-electron chi connectivity index (χ0n) is 10.5. The first-order chi connectivity index (χ1) is 8.10. The molecule has 0 bridgehead atoms. The van der Waals surface area contributed by atoms with E-state index in [1.54, 1.807) is 0 Å². The van der Waals surface area contributed by atoms with Crippen LogP contribution in [0, 0.1) is 0 Å². The molecule has 1 rings (SSSR count). The van der Waals surface area contributed by atoms with Crippen molar-refractivity contribution >= 4 is 0 Å². The molecule has 13 nitrogen and oxygen atoms in total. The van der Waals surface area contributed by atoms with Gasteiger partial charge in [0.2, 0.25) is 0 Å². The molecule has 2 unspecified atom stereocenters. The van der Waals surface area contributed by atoms with Crippen LogP contribution < -0.4 is 69.0 Å². The number of hydrogen-bond acceptors (Lipinski definition) is 13. The minimum atomic E-state index is -2.24. The zero-order valence-corrected chi connectivity index (χ0v) is 10.5. The number of nitrogens with zero attached hydrogens (tertiary/aromatic N) is 1. The molecule has 0 saturated heterocycles. The van der Waals surface area contributed by atoms with Crippen molar-refractivity contribution in [3.05, 3.63) is 0 Å². The maximum absolute atomic E-state index is 5.97. The highest BCUT2D eigenvalue weighted by atomic mass is 15.7. The van der Waals surface area contributed by atoms with Crippen LogP contribution in [0.3, 0.4) is 0 Å². The molecule has 0 heterocycles. The molecule has 13 heteroatoms. The summed E-state index contributed by atoms with van der Waals surface area (Å²) in [5.74, 6) is 10.9. The predicted molar refractivity (Wildman–Crippen MR) is 69.5 cm³/mol. The van der Waals surface area contributed by atoms with E-state index >= 15 is 0 Å². The Balaban J connectivity index is 3.67. The van der Waals surface area contributed by atoms with Gasteiger partial charge in [0.25, 0.3) is 0 Å². The highest BCUT2D eigenvalue weighted by Crippen LogP contribution is 2.38. The fourth-order valence-electron chi connectivity index (χ4n) is 2.28. The second-order valence-electron chi connectivity index (χ2n) is 5.25. The molecule has 0 spiro atoms. The molecule has 0 radical (unpaired) electrons. The summed E-state index contributed by atoms with van der Waals surface area (Å²) in [7, 11) is 0. The standard InChI is InChI=1S/C6H25N13/c7-1-2(8,9)4(11,12)6(15,16)5(13,14)3(1,10)19(17)18/h1H,7-18H2. The second-order valence-corrected chi connectivity index (χ2v) is 5.25. The molecule has 1 aliphatic carbocycles. The monoisotopic (exact) mass is 279 g/mol. The highest BCUT2D eigenvalue weighted by Gasteiger charge is 2.76. The van der Waals surface area contributed by atoms with Crippen molar-refractivity contribution in [3.8, 4) is 0 Å². The lowest BCUT2D eigenvalue weighted by atomic mass is 9.59. The highest BCUT2D eigenvalue weighted by molar-refractivity contribution is 5.35. The Kier molecular flexibility index (Phi) is 3.28. The fourth-order valence-corrected chi connectivity index (χ4v) is 2.28. The van der Waals surface area contributed by atoms with Gasteiger partial charge in [-0.1, -0.05) is 0 Å². The SMILES string of the molecule is NC1C(N)(N)C(N)(N)C(N)(N)C(N)(N)C1(N)N(N)N. The average molecular weight is 279 g/mol. The van der Waals surface area contributed by atoms with Crippen LogP contribution in [0.25, 0.3) is 0 Å². The summed E-state index contributed by atoms with van der Waals surface area (Å²) in [6.45, 7) is 0. The lowest BCUT2D eigenvalue weighted by Gasteiger charge is -2.68. The summed E-state index contributed by atoms with van der Waals surface area (Å²) < 4.78 is 0. The second kappa shape index (κ2) is 3.77. The van der Waals surface area contributed by atoms with Crippen molar-refractivity contribution < 1.29 is 0 Å². The molecular weight excluding hydrogens is 254 g/mol. The quantitative estimate of drug-likeness (QED) is 0.120. The maximum Gasteiger partial charge on any atom is 0.150 e. The molecular formula is C6H25N13. The lowest BCUT2D eigenvalue weighted by molar-refractivity contribution is -0.136. The molecule has 114 valence electrons. The van der Waals surface area contributed by atoms with Gasteiger partial charge in [0, 0.05) is 0 Å².